The van der Waals surface area contributed by atoms with Gasteiger partial charge in [-0.1, -0.05) is 65.1 Å². The zero-order valence-corrected chi connectivity index (χ0v) is 20.4. The van der Waals surface area contributed by atoms with Crippen molar-refractivity contribution in [2.45, 2.75) is 0 Å². The van der Waals surface area contributed by atoms with Crippen molar-refractivity contribution in [2.75, 3.05) is 36.4 Å². The Labute approximate surface area is 213 Å². The standard InChI is InChI=1S/C26H22Cl3N3O2/c27-20-8-10-24(23(17-20)30-26(34)19-7-9-21(28)22(29)16-19)31-12-14-32(15-13-31)25(33)11-6-18-4-2-1-3-5-18/h1-11,16-17H,12-15H2,(H,30,34)/b11-6+. The molecule has 1 fully saturated rings. The number of carbonyl (C=O) groups is 2. The van der Waals surface area contributed by atoms with Crippen LogP contribution in [-0.4, -0.2) is 42.9 Å². The van der Waals surface area contributed by atoms with Crippen molar-refractivity contribution in [3.8, 4) is 0 Å². The Bertz CT molecular complexity index is 1220. The number of nitrogens with zero attached hydrogens (tertiary/aromatic N) is 2. The Kier molecular flexibility index (Phi) is 7.78. The lowest BCUT2D eigenvalue weighted by Gasteiger charge is -2.36. The molecule has 1 saturated heterocycles. The number of rotatable bonds is 5. The number of nitrogens with one attached hydrogen (secondary N) is 1. The van der Waals surface area contributed by atoms with Crippen LogP contribution in [0.1, 0.15) is 15.9 Å². The largest absolute Gasteiger partial charge is 0.366 e. The summed E-state index contributed by atoms with van der Waals surface area (Å²) in [7, 11) is 0. The molecule has 0 atom stereocenters. The maximum absolute atomic E-state index is 12.8. The molecule has 2 amide bonds. The van der Waals surface area contributed by atoms with Crippen molar-refractivity contribution in [3.63, 3.8) is 0 Å². The summed E-state index contributed by atoms with van der Waals surface area (Å²) in [6.45, 7) is 2.39. The average molecular weight is 515 g/mol. The number of hydrogen-bond donors (Lipinski definition) is 1. The summed E-state index contributed by atoms with van der Waals surface area (Å²) in [5.41, 5.74) is 2.80. The van der Waals surface area contributed by atoms with Crippen LogP contribution in [0.3, 0.4) is 0 Å². The molecule has 34 heavy (non-hydrogen) atoms. The van der Waals surface area contributed by atoms with Gasteiger partial charge in [-0.05, 0) is 48.0 Å². The van der Waals surface area contributed by atoms with E-state index in [1.54, 1.807) is 30.3 Å². The predicted molar refractivity (Wildman–Crippen MR) is 140 cm³/mol. The molecule has 1 heterocycles. The Balaban J connectivity index is 1.43. The summed E-state index contributed by atoms with van der Waals surface area (Å²) < 4.78 is 0. The molecule has 1 N–H and O–H groups in total. The number of hydrogen-bond acceptors (Lipinski definition) is 3. The van der Waals surface area contributed by atoms with E-state index < -0.39 is 0 Å². The second-order valence-electron chi connectivity index (χ2n) is 7.80. The third-order valence-electron chi connectivity index (χ3n) is 5.54. The molecule has 5 nitrogen and oxygen atoms in total. The average Bonchev–Trinajstić information content (AvgIpc) is 2.85. The zero-order valence-electron chi connectivity index (χ0n) is 18.2. The lowest BCUT2D eigenvalue weighted by molar-refractivity contribution is -0.126. The molecule has 3 aromatic carbocycles. The fourth-order valence-corrected chi connectivity index (χ4v) is 4.19. The Morgan fingerprint density at radius 1 is 0.824 bits per heavy atom. The van der Waals surface area contributed by atoms with Gasteiger partial charge < -0.3 is 15.1 Å². The molecule has 4 rings (SSSR count). The maximum Gasteiger partial charge on any atom is 0.255 e. The molecule has 0 aliphatic carbocycles. The van der Waals surface area contributed by atoms with Gasteiger partial charge in [-0.15, -0.1) is 0 Å². The first-order valence-corrected chi connectivity index (χ1v) is 11.9. The highest BCUT2D eigenvalue weighted by Gasteiger charge is 2.22. The monoisotopic (exact) mass is 513 g/mol. The molecule has 0 unspecified atom stereocenters. The summed E-state index contributed by atoms with van der Waals surface area (Å²) in [5, 5.41) is 4.12. The van der Waals surface area contributed by atoms with E-state index in [9.17, 15) is 9.59 Å². The Morgan fingerprint density at radius 3 is 2.26 bits per heavy atom. The number of anilines is 2. The van der Waals surface area contributed by atoms with Gasteiger partial charge in [-0.3, -0.25) is 9.59 Å². The van der Waals surface area contributed by atoms with Gasteiger partial charge in [-0.25, -0.2) is 0 Å². The van der Waals surface area contributed by atoms with Crippen LogP contribution in [0.25, 0.3) is 6.08 Å². The molecule has 0 radical (unpaired) electrons. The van der Waals surface area contributed by atoms with Gasteiger partial charge in [0.05, 0.1) is 21.4 Å². The van der Waals surface area contributed by atoms with E-state index in [1.165, 1.54) is 6.07 Å². The van der Waals surface area contributed by atoms with Crippen molar-refractivity contribution >= 4 is 64.1 Å². The normalized spacial score (nSPS) is 13.9. The minimum absolute atomic E-state index is 0.0206. The number of carbonyl (C=O) groups excluding carboxylic acids is 2. The molecule has 174 valence electrons. The van der Waals surface area contributed by atoms with E-state index in [-0.39, 0.29) is 11.8 Å². The molecule has 1 aliphatic rings. The van der Waals surface area contributed by atoms with Crippen LogP contribution in [-0.2, 0) is 4.79 Å². The fourth-order valence-electron chi connectivity index (χ4n) is 3.72. The number of benzene rings is 3. The molecular weight excluding hydrogens is 493 g/mol. The highest BCUT2D eigenvalue weighted by molar-refractivity contribution is 6.42. The fraction of sp³-hybridized carbons (Fsp3) is 0.154. The number of piperazine rings is 1. The number of amides is 2. The Hall–Kier alpha value is -2.99. The first-order chi connectivity index (χ1) is 16.4. The molecular formula is C26H22Cl3N3O2. The highest BCUT2D eigenvalue weighted by atomic mass is 35.5. The van der Waals surface area contributed by atoms with E-state index in [0.717, 1.165) is 11.3 Å². The maximum atomic E-state index is 12.8. The van der Waals surface area contributed by atoms with Crippen molar-refractivity contribution in [1.29, 1.82) is 0 Å². The molecule has 0 aromatic heterocycles. The van der Waals surface area contributed by atoms with Gasteiger partial charge in [0, 0.05) is 42.8 Å². The predicted octanol–water partition coefficient (Wildman–Crippen LogP) is 6.26. The zero-order chi connectivity index (χ0) is 24.1. The van der Waals surface area contributed by atoms with Crippen molar-refractivity contribution in [1.82, 2.24) is 4.90 Å². The van der Waals surface area contributed by atoms with Crippen LogP contribution in [0.4, 0.5) is 11.4 Å². The van der Waals surface area contributed by atoms with E-state index in [2.05, 4.69) is 10.2 Å². The van der Waals surface area contributed by atoms with Crippen LogP contribution >= 0.6 is 34.8 Å². The quantitative estimate of drug-likeness (QED) is 0.409. The third kappa shape index (κ3) is 5.92. The van der Waals surface area contributed by atoms with E-state index in [4.69, 9.17) is 34.8 Å². The van der Waals surface area contributed by atoms with Crippen molar-refractivity contribution in [2.24, 2.45) is 0 Å². The highest BCUT2D eigenvalue weighted by Crippen LogP contribution is 2.31. The lowest BCUT2D eigenvalue weighted by Crippen LogP contribution is -2.48. The van der Waals surface area contributed by atoms with Crippen LogP contribution in [0, 0.1) is 0 Å². The molecule has 0 bridgehead atoms. The van der Waals surface area contributed by atoms with Gasteiger partial charge in [0.25, 0.3) is 5.91 Å². The van der Waals surface area contributed by atoms with E-state index in [0.29, 0.717) is 52.5 Å². The topological polar surface area (TPSA) is 52.7 Å². The molecule has 8 heteroatoms. The van der Waals surface area contributed by atoms with Gasteiger partial charge in [0.1, 0.15) is 0 Å². The van der Waals surface area contributed by atoms with Gasteiger partial charge in [0.15, 0.2) is 0 Å². The summed E-state index contributed by atoms with van der Waals surface area (Å²) >= 11 is 18.2. The van der Waals surface area contributed by atoms with E-state index in [1.807, 2.05) is 47.4 Å². The van der Waals surface area contributed by atoms with Gasteiger partial charge in [0.2, 0.25) is 5.91 Å². The van der Waals surface area contributed by atoms with Crippen LogP contribution < -0.4 is 10.2 Å². The van der Waals surface area contributed by atoms with Crippen LogP contribution in [0.2, 0.25) is 15.1 Å². The third-order valence-corrected chi connectivity index (χ3v) is 6.51. The first kappa shape index (κ1) is 24.1. The second kappa shape index (κ2) is 11.0. The molecule has 0 spiro atoms. The Morgan fingerprint density at radius 2 is 1.56 bits per heavy atom. The second-order valence-corrected chi connectivity index (χ2v) is 9.05. The minimum Gasteiger partial charge on any atom is -0.366 e. The smallest absolute Gasteiger partial charge is 0.255 e. The van der Waals surface area contributed by atoms with Crippen molar-refractivity contribution in [3.05, 3.63) is 99.0 Å². The lowest BCUT2D eigenvalue weighted by atomic mass is 10.1. The summed E-state index contributed by atoms with van der Waals surface area (Å²) in [6, 6.07) is 19.8. The first-order valence-electron chi connectivity index (χ1n) is 10.7. The molecule has 0 saturated carbocycles. The van der Waals surface area contributed by atoms with Gasteiger partial charge in [-0.2, -0.15) is 0 Å². The van der Waals surface area contributed by atoms with Crippen molar-refractivity contribution < 1.29 is 9.59 Å². The molecule has 3 aromatic rings. The summed E-state index contributed by atoms with van der Waals surface area (Å²) in [6.07, 6.45) is 3.43. The summed E-state index contributed by atoms with van der Waals surface area (Å²) in [4.78, 5) is 29.4. The van der Waals surface area contributed by atoms with Crippen LogP contribution in [0.5, 0.6) is 0 Å². The number of halogens is 3. The van der Waals surface area contributed by atoms with E-state index >= 15 is 0 Å². The van der Waals surface area contributed by atoms with Crippen LogP contribution in [0.15, 0.2) is 72.8 Å². The van der Waals surface area contributed by atoms with Gasteiger partial charge >= 0.3 is 0 Å². The summed E-state index contributed by atoms with van der Waals surface area (Å²) in [5.74, 6) is -0.338. The minimum atomic E-state index is -0.318. The molecule has 1 aliphatic heterocycles. The SMILES string of the molecule is O=C(Nc1cc(Cl)ccc1N1CCN(C(=O)/C=C/c2ccccc2)CC1)c1ccc(Cl)c(Cl)c1.